The highest BCUT2D eigenvalue weighted by molar-refractivity contribution is 7.89. The predicted molar refractivity (Wildman–Crippen MR) is 103 cm³/mol. The highest BCUT2D eigenvalue weighted by Gasteiger charge is 2.32. The lowest BCUT2D eigenvalue weighted by atomic mass is 10.2. The Bertz CT molecular complexity index is 901. The molecule has 0 spiro atoms. The number of aryl methyl sites for hydroxylation is 1. The summed E-state index contributed by atoms with van der Waals surface area (Å²) in [6, 6.07) is 7.09. The van der Waals surface area contributed by atoms with E-state index in [0.29, 0.717) is 18.1 Å². The first kappa shape index (κ1) is 19.9. The molecule has 1 fully saturated rings. The fourth-order valence-corrected chi connectivity index (χ4v) is 4.86. The number of amides is 1. The van der Waals surface area contributed by atoms with Gasteiger partial charge >= 0.3 is 0 Å². The smallest absolute Gasteiger partial charge is 0.263 e. The van der Waals surface area contributed by atoms with E-state index in [1.807, 2.05) is 0 Å². The third-order valence-electron chi connectivity index (χ3n) is 4.56. The lowest BCUT2D eigenvalue weighted by molar-refractivity contribution is 0.0947. The van der Waals surface area contributed by atoms with Gasteiger partial charge in [-0.1, -0.05) is 36.6 Å². The molecule has 2 heterocycles. The second kappa shape index (κ2) is 8.41. The normalized spacial score (nSPS) is 16.1. The maximum atomic E-state index is 13.0. The maximum absolute atomic E-state index is 13.0. The summed E-state index contributed by atoms with van der Waals surface area (Å²) >= 11 is 5.86. The first-order chi connectivity index (χ1) is 12.9. The Morgan fingerprint density at radius 1 is 1.15 bits per heavy atom. The average molecular weight is 411 g/mol. The van der Waals surface area contributed by atoms with Gasteiger partial charge in [-0.25, -0.2) is 8.42 Å². The van der Waals surface area contributed by atoms with E-state index in [0.717, 1.165) is 31.2 Å². The third-order valence-corrected chi connectivity index (χ3v) is 6.64. The van der Waals surface area contributed by atoms with Crippen molar-refractivity contribution < 1.29 is 13.2 Å². The second-order valence-electron chi connectivity index (χ2n) is 6.65. The van der Waals surface area contributed by atoms with E-state index in [1.165, 1.54) is 15.2 Å². The highest BCUT2D eigenvalue weighted by atomic mass is 35.5. The predicted octanol–water partition coefficient (Wildman–Crippen LogP) is 2.57. The minimum Gasteiger partial charge on any atom is -0.348 e. The topological polar surface area (TPSA) is 84.3 Å². The van der Waals surface area contributed by atoms with E-state index in [9.17, 15) is 13.2 Å². The van der Waals surface area contributed by atoms with Crippen LogP contribution in [0.15, 0.2) is 35.5 Å². The van der Waals surface area contributed by atoms with Crippen LogP contribution in [0, 0.1) is 0 Å². The number of halogens is 1. The van der Waals surface area contributed by atoms with Gasteiger partial charge in [-0.15, -0.1) is 0 Å². The molecule has 3 rings (SSSR count). The summed E-state index contributed by atoms with van der Waals surface area (Å²) in [6.45, 7) is 1.20. The van der Waals surface area contributed by atoms with Gasteiger partial charge in [0.1, 0.15) is 0 Å². The molecular formula is C18H23ClN4O3S. The van der Waals surface area contributed by atoms with Crippen LogP contribution in [0.4, 0.5) is 0 Å². The van der Waals surface area contributed by atoms with Crippen LogP contribution < -0.4 is 5.32 Å². The lowest BCUT2D eigenvalue weighted by Gasteiger charge is -2.19. The summed E-state index contributed by atoms with van der Waals surface area (Å²) in [4.78, 5) is 12.6. The molecule has 1 N–H and O–H groups in total. The van der Waals surface area contributed by atoms with Gasteiger partial charge < -0.3 is 5.32 Å². The quantitative estimate of drug-likeness (QED) is 0.820. The molecule has 9 heteroatoms. The minimum absolute atomic E-state index is 0.0655. The molecule has 1 aromatic heterocycles. The molecule has 0 aliphatic carbocycles. The Kier molecular flexibility index (Phi) is 6.18. The molecule has 7 nitrogen and oxygen atoms in total. The molecule has 0 bridgehead atoms. The number of sulfonamides is 1. The van der Waals surface area contributed by atoms with Gasteiger partial charge in [0.05, 0.1) is 5.56 Å². The van der Waals surface area contributed by atoms with E-state index in [1.54, 1.807) is 31.3 Å². The van der Waals surface area contributed by atoms with Gasteiger partial charge in [0, 0.05) is 37.9 Å². The van der Waals surface area contributed by atoms with Crippen LogP contribution in [0.3, 0.4) is 0 Å². The Morgan fingerprint density at radius 2 is 1.78 bits per heavy atom. The van der Waals surface area contributed by atoms with E-state index >= 15 is 0 Å². The van der Waals surface area contributed by atoms with Crippen molar-refractivity contribution >= 4 is 27.5 Å². The molecule has 0 saturated carbocycles. The van der Waals surface area contributed by atoms with E-state index < -0.39 is 15.9 Å². The summed E-state index contributed by atoms with van der Waals surface area (Å²) in [5.41, 5.74) is 0.935. The third kappa shape index (κ3) is 4.69. The molecule has 1 aliphatic rings. The van der Waals surface area contributed by atoms with Gasteiger partial charge in [0.15, 0.2) is 0 Å². The van der Waals surface area contributed by atoms with Gasteiger partial charge in [-0.3, -0.25) is 9.48 Å². The lowest BCUT2D eigenvalue weighted by Crippen LogP contribution is -2.34. The van der Waals surface area contributed by atoms with Crippen LogP contribution in [0.2, 0.25) is 5.02 Å². The number of nitrogens with one attached hydrogen (secondary N) is 1. The SMILES string of the molecule is Cn1cc(C(=O)NCc2ccc(Cl)cc2)c(S(=O)(=O)N2CCCCCC2)n1. The average Bonchev–Trinajstić information content (AvgIpc) is 2.86. The van der Waals surface area contributed by atoms with Crippen molar-refractivity contribution in [1.29, 1.82) is 0 Å². The van der Waals surface area contributed by atoms with Crippen LogP contribution in [0.25, 0.3) is 0 Å². The van der Waals surface area contributed by atoms with Crippen LogP contribution in [-0.2, 0) is 23.6 Å². The largest absolute Gasteiger partial charge is 0.348 e. The van der Waals surface area contributed by atoms with Crippen molar-refractivity contribution in [2.75, 3.05) is 13.1 Å². The number of benzene rings is 1. The second-order valence-corrected chi connectivity index (χ2v) is 8.94. The van der Waals surface area contributed by atoms with Gasteiger partial charge in [0.2, 0.25) is 5.03 Å². The number of hydrogen-bond donors (Lipinski definition) is 1. The zero-order valence-corrected chi connectivity index (χ0v) is 16.8. The number of carbonyl (C=O) groups is 1. The fraction of sp³-hybridized carbons (Fsp3) is 0.444. The number of carbonyl (C=O) groups excluding carboxylic acids is 1. The molecule has 0 radical (unpaired) electrons. The molecule has 0 atom stereocenters. The van der Waals surface area contributed by atoms with Crippen LogP contribution in [0.5, 0.6) is 0 Å². The molecule has 27 heavy (non-hydrogen) atoms. The van der Waals surface area contributed by atoms with E-state index in [2.05, 4.69) is 10.4 Å². The molecular weight excluding hydrogens is 388 g/mol. The van der Waals surface area contributed by atoms with Crippen molar-refractivity contribution in [1.82, 2.24) is 19.4 Å². The van der Waals surface area contributed by atoms with Gasteiger partial charge in [-0.05, 0) is 30.5 Å². The van der Waals surface area contributed by atoms with Crippen LogP contribution in [-0.4, -0.2) is 41.5 Å². The summed E-state index contributed by atoms with van der Waals surface area (Å²) in [5.74, 6) is -0.466. The fourth-order valence-electron chi connectivity index (χ4n) is 3.10. The van der Waals surface area contributed by atoms with E-state index in [4.69, 9.17) is 11.6 Å². The minimum atomic E-state index is -3.81. The van der Waals surface area contributed by atoms with Gasteiger partial charge in [-0.2, -0.15) is 9.40 Å². The Balaban J connectivity index is 1.80. The zero-order valence-electron chi connectivity index (χ0n) is 15.2. The highest BCUT2D eigenvalue weighted by Crippen LogP contribution is 2.22. The van der Waals surface area contributed by atoms with Crippen LogP contribution in [0.1, 0.15) is 41.6 Å². The maximum Gasteiger partial charge on any atom is 0.263 e. The summed E-state index contributed by atoms with van der Waals surface area (Å²) in [7, 11) is -2.20. The van der Waals surface area contributed by atoms with Crippen LogP contribution >= 0.6 is 11.6 Å². The number of rotatable bonds is 5. The molecule has 1 aromatic carbocycles. The van der Waals surface area contributed by atoms with Crippen molar-refractivity contribution in [2.45, 2.75) is 37.3 Å². The van der Waals surface area contributed by atoms with Crippen molar-refractivity contribution in [3.05, 3.63) is 46.6 Å². The Labute approximate surface area is 164 Å². The first-order valence-corrected chi connectivity index (χ1v) is 10.8. The number of aromatic nitrogens is 2. The monoisotopic (exact) mass is 410 g/mol. The first-order valence-electron chi connectivity index (χ1n) is 8.94. The number of nitrogens with zero attached hydrogens (tertiary/aromatic N) is 3. The van der Waals surface area contributed by atoms with Gasteiger partial charge in [0.25, 0.3) is 15.9 Å². The summed E-state index contributed by atoms with van der Waals surface area (Å²) < 4.78 is 28.9. The summed E-state index contributed by atoms with van der Waals surface area (Å²) in [5, 5.41) is 7.28. The molecule has 1 aliphatic heterocycles. The molecule has 2 aromatic rings. The van der Waals surface area contributed by atoms with Crippen molar-refractivity contribution in [2.24, 2.45) is 7.05 Å². The summed E-state index contributed by atoms with van der Waals surface area (Å²) in [6.07, 6.45) is 5.13. The Morgan fingerprint density at radius 3 is 2.41 bits per heavy atom. The molecule has 0 unspecified atom stereocenters. The zero-order chi connectivity index (χ0) is 19.4. The Hall–Kier alpha value is -1.90. The molecule has 1 saturated heterocycles. The van der Waals surface area contributed by atoms with Crippen molar-refractivity contribution in [3.8, 4) is 0 Å². The standard InChI is InChI=1S/C18H23ClN4O3S/c1-22-13-16(17(24)20-12-14-6-8-15(19)9-7-14)18(21-22)27(25,26)23-10-4-2-3-5-11-23/h6-9,13H,2-5,10-12H2,1H3,(H,20,24). The van der Waals surface area contributed by atoms with E-state index in [-0.39, 0.29) is 17.1 Å². The number of hydrogen-bond acceptors (Lipinski definition) is 4. The van der Waals surface area contributed by atoms with Crippen molar-refractivity contribution in [3.63, 3.8) is 0 Å². The molecule has 1 amide bonds. The molecule has 146 valence electrons.